The van der Waals surface area contributed by atoms with Crippen molar-refractivity contribution in [3.8, 4) is 22.9 Å². The van der Waals surface area contributed by atoms with Crippen molar-refractivity contribution in [3.05, 3.63) is 34.9 Å². The molecule has 108 valence electrons. The van der Waals surface area contributed by atoms with Crippen LogP contribution in [0.3, 0.4) is 0 Å². The molecule has 0 spiro atoms. The fourth-order valence-electron chi connectivity index (χ4n) is 2.23. The molecule has 0 atom stereocenters. The van der Waals surface area contributed by atoms with E-state index in [2.05, 4.69) is 26.1 Å². The number of ether oxygens (including phenoxy) is 2. The van der Waals surface area contributed by atoms with Gasteiger partial charge >= 0.3 is 0 Å². The molecule has 1 aromatic carbocycles. The lowest BCUT2D eigenvalue weighted by molar-refractivity contribution is 0.396. The fourth-order valence-corrected chi connectivity index (χ4v) is 2.68. The van der Waals surface area contributed by atoms with Gasteiger partial charge in [0.25, 0.3) is 0 Å². The van der Waals surface area contributed by atoms with Crippen molar-refractivity contribution in [1.82, 2.24) is 14.6 Å². The summed E-state index contributed by atoms with van der Waals surface area (Å²) in [5.41, 5.74) is 7.83. The average molecular weight is 349 g/mol. The Labute approximate surface area is 129 Å². The second-order valence-electron chi connectivity index (χ2n) is 4.37. The van der Waals surface area contributed by atoms with Gasteiger partial charge in [0.05, 0.1) is 19.9 Å². The van der Waals surface area contributed by atoms with Gasteiger partial charge in [-0.15, -0.1) is 10.2 Å². The summed E-state index contributed by atoms with van der Waals surface area (Å²) in [6.07, 6.45) is 1.85. The molecule has 0 radical (unpaired) electrons. The van der Waals surface area contributed by atoms with Gasteiger partial charge in [0.15, 0.2) is 11.5 Å². The smallest absolute Gasteiger partial charge is 0.184 e. The second kappa shape index (κ2) is 5.25. The zero-order chi connectivity index (χ0) is 15.0. The lowest BCUT2D eigenvalue weighted by Crippen LogP contribution is -1.98. The summed E-state index contributed by atoms with van der Waals surface area (Å²) in [6, 6.07) is 7.34. The Kier molecular flexibility index (Phi) is 3.42. The first kappa shape index (κ1) is 13.7. The maximum Gasteiger partial charge on any atom is 0.184 e. The van der Waals surface area contributed by atoms with Crippen LogP contribution in [-0.4, -0.2) is 28.8 Å². The predicted molar refractivity (Wildman–Crippen MR) is 83.6 cm³/mol. The van der Waals surface area contributed by atoms with Gasteiger partial charge in [0.2, 0.25) is 0 Å². The van der Waals surface area contributed by atoms with Gasteiger partial charge in [0, 0.05) is 10.7 Å². The van der Waals surface area contributed by atoms with Gasteiger partial charge in [-0.05, 0) is 34.1 Å². The summed E-state index contributed by atoms with van der Waals surface area (Å²) in [4.78, 5) is 0. The maximum absolute atomic E-state index is 5.97. The summed E-state index contributed by atoms with van der Waals surface area (Å²) >= 11 is 3.43. The Balaban J connectivity index is 2.36. The number of benzene rings is 1. The molecule has 0 bridgehead atoms. The van der Waals surface area contributed by atoms with E-state index in [-0.39, 0.29) is 0 Å². The summed E-state index contributed by atoms with van der Waals surface area (Å²) in [5.74, 6) is 1.91. The zero-order valence-corrected chi connectivity index (χ0v) is 13.1. The molecule has 0 aliphatic rings. The SMILES string of the molecule is COc1cccc(OC)c1-c1nnc2c(N)cc(Br)cn12. The average Bonchev–Trinajstić information content (AvgIpc) is 2.89. The number of halogens is 1. The summed E-state index contributed by atoms with van der Waals surface area (Å²) < 4.78 is 13.5. The highest BCUT2D eigenvalue weighted by atomic mass is 79.9. The van der Waals surface area contributed by atoms with E-state index in [1.807, 2.05) is 24.4 Å². The number of fused-ring (bicyclic) bond motifs is 1. The third-order valence-corrected chi connectivity index (χ3v) is 3.58. The molecule has 3 aromatic rings. The summed E-state index contributed by atoms with van der Waals surface area (Å²) in [7, 11) is 3.21. The topological polar surface area (TPSA) is 74.7 Å². The Morgan fingerprint density at radius 2 is 1.81 bits per heavy atom. The third-order valence-electron chi connectivity index (χ3n) is 3.15. The molecule has 21 heavy (non-hydrogen) atoms. The minimum Gasteiger partial charge on any atom is -0.496 e. The van der Waals surface area contributed by atoms with Crippen LogP contribution in [0.25, 0.3) is 17.0 Å². The van der Waals surface area contributed by atoms with Crippen LogP contribution < -0.4 is 15.2 Å². The zero-order valence-electron chi connectivity index (χ0n) is 11.5. The number of pyridine rings is 1. The molecule has 2 N–H and O–H groups in total. The number of aromatic nitrogens is 3. The highest BCUT2D eigenvalue weighted by molar-refractivity contribution is 9.10. The van der Waals surface area contributed by atoms with E-state index in [1.165, 1.54) is 0 Å². The molecule has 0 unspecified atom stereocenters. The standard InChI is InChI=1S/C14H13BrN4O2/c1-20-10-4-3-5-11(21-2)12(10)14-18-17-13-9(16)6-8(15)7-19(13)14/h3-7H,16H2,1-2H3. The van der Waals surface area contributed by atoms with Crippen LogP contribution in [0.2, 0.25) is 0 Å². The number of nitrogen functional groups attached to an aromatic ring is 1. The molecule has 0 saturated carbocycles. The molecular weight excluding hydrogens is 336 g/mol. The van der Waals surface area contributed by atoms with Gasteiger partial charge < -0.3 is 15.2 Å². The molecule has 6 nitrogen and oxygen atoms in total. The normalized spacial score (nSPS) is 10.8. The van der Waals surface area contributed by atoms with E-state index >= 15 is 0 Å². The second-order valence-corrected chi connectivity index (χ2v) is 5.28. The van der Waals surface area contributed by atoms with Crippen LogP contribution in [0.4, 0.5) is 5.69 Å². The highest BCUT2D eigenvalue weighted by Crippen LogP contribution is 2.38. The lowest BCUT2D eigenvalue weighted by Gasteiger charge is -2.11. The minimum absolute atomic E-state index is 0.539. The van der Waals surface area contributed by atoms with E-state index < -0.39 is 0 Å². The van der Waals surface area contributed by atoms with E-state index in [0.717, 1.165) is 10.0 Å². The number of hydrogen-bond donors (Lipinski definition) is 1. The fraction of sp³-hybridized carbons (Fsp3) is 0.143. The quantitative estimate of drug-likeness (QED) is 0.787. The first-order chi connectivity index (χ1) is 10.2. The third kappa shape index (κ3) is 2.19. The molecule has 0 aliphatic carbocycles. The van der Waals surface area contributed by atoms with Crippen molar-refractivity contribution in [3.63, 3.8) is 0 Å². The number of methoxy groups -OCH3 is 2. The van der Waals surface area contributed by atoms with Gasteiger partial charge in [0.1, 0.15) is 17.1 Å². The molecule has 2 aromatic heterocycles. The van der Waals surface area contributed by atoms with Gasteiger partial charge in [-0.1, -0.05) is 6.07 Å². The number of anilines is 1. The molecule has 0 amide bonds. The Hall–Kier alpha value is -2.28. The van der Waals surface area contributed by atoms with Crippen LogP contribution in [0.15, 0.2) is 34.9 Å². The Bertz CT molecular complexity index is 794. The van der Waals surface area contributed by atoms with Gasteiger partial charge in [-0.25, -0.2) is 0 Å². The van der Waals surface area contributed by atoms with Crippen molar-refractivity contribution in [1.29, 1.82) is 0 Å². The number of nitrogens with zero attached hydrogens (tertiary/aromatic N) is 3. The van der Waals surface area contributed by atoms with E-state index in [0.29, 0.717) is 28.7 Å². The first-order valence-electron chi connectivity index (χ1n) is 6.17. The first-order valence-corrected chi connectivity index (χ1v) is 6.96. The number of hydrogen-bond acceptors (Lipinski definition) is 5. The maximum atomic E-state index is 5.97. The Morgan fingerprint density at radius 3 is 2.43 bits per heavy atom. The molecule has 3 rings (SSSR count). The van der Waals surface area contributed by atoms with E-state index in [4.69, 9.17) is 15.2 Å². The molecule has 0 fully saturated rings. The van der Waals surface area contributed by atoms with Crippen molar-refractivity contribution < 1.29 is 9.47 Å². The van der Waals surface area contributed by atoms with Crippen molar-refractivity contribution in [2.45, 2.75) is 0 Å². The molecular formula is C14H13BrN4O2. The van der Waals surface area contributed by atoms with Crippen LogP contribution in [0.5, 0.6) is 11.5 Å². The van der Waals surface area contributed by atoms with Crippen molar-refractivity contribution in [2.75, 3.05) is 20.0 Å². The molecule has 2 heterocycles. The Morgan fingerprint density at radius 1 is 1.14 bits per heavy atom. The van der Waals surface area contributed by atoms with Crippen LogP contribution in [0, 0.1) is 0 Å². The van der Waals surface area contributed by atoms with Crippen molar-refractivity contribution in [2.24, 2.45) is 0 Å². The predicted octanol–water partition coefficient (Wildman–Crippen LogP) is 2.76. The molecule has 7 heteroatoms. The highest BCUT2D eigenvalue weighted by Gasteiger charge is 2.19. The van der Waals surface area contributed by atoms with Crippen LogP contribution in [-0.2, 0) is 0 Å². The molecule has 0 saturated heterocycles. The van der Waals surface area contributed by atoms with E-state index in [9.17, 15) is 0 Å². The van der Waals surface area contributed by atoms with Crippen molar-refractivity contribution >= 4 is 27.3 Å². The summed E-state index contributed by atoms with van der Waals surface area (Å²) in [5, 5.41) is 8.38. The van der Waals surface area contributed by atoms with Gasteiger partial charge in [-0.3, -0.25) is 4.40 Å². The largest absolute Gasteiger partial charge is 0.496 e. The van der Waals surface area contributed by atoms with Crippen LogP contribution >= 0.6 is 15.9 Å². The summed E-state index contributed by atoms with van der Waals surface area (Å²) in [6.45, 7) is 0. The molecule has 0 aliphatic heterocycles. The monoisotopic (exact) mass is 348 g/mol. The van der Waals surface area contributed by atoms with Crippen LogP contribution in [0.1, 0.15) is 0 Å². The lowest BCUT2D eigenvalue weighted by atomic mass is 10.1. The van der Waals surface area contributed by atoms with Gasteiger partial charge in [-0.2, -0.15) is 0 Å². The minimum atomic E-state index is 0.539. The number of nitrogens with two attached hydrogens (primary N) is 1. The number of rotatable bonds is 3. The van der Waals surface area contributed by atoms with E-state index in [1.54, 1.807) is 24.7 Å².